The van der Waals surface area contributed by atoms with Crippen molar-refractivity contribution < 1.29 is 9.53 Å². The summed E-state index contributed by atoms with van der Waals surface area (Å²) in [5.41, 5.74) is 3.98. The quantitative estimate of drug-likeness (QED) is 0.841. The summed E-state index contributed by atoms with van der Waals surface area (Å²) in [4.78, 5) is 16.9. The van der Waals surface area contributed by atoms with E-state index in [4.69, 9.17) is 4.74 Å². The first kappa shape index (κ1) is 15.3. The number of benzene rings is 1. The molecular formula is C18H26N2O2. The second-order valence-corrected chi connectivity index (χ2v) is 6.39. The van der Waals surface area contributed by atoms with E-state index >= 15 is 0 Å². The molecule has 0 spiro atoms. The summed E-state index contributed by atoms with van der Waals surface area (Å²) in [5.74, 6) is 0.195. The third kappa shape index (κ3) is 3.12. The van der Waals surface area contributed by atoms with Crippen molar-refractivity contribution in [2.75, 3.05) is 37.7 Å². The molecular weight excluding hydrogens is 276 g/mol. The Hall–Kier alpha value is -1.55. The molecule has 4 heteroatoms. The van der Waals surface area contributed by atoms with Gasteiger partial charge in [0.25, 0.3) is 5.91 Å². The fourth-order valence-electron chi connectivity index (χ4n) is 3.39. The van der Waals surface area contributed by atoms with Crippen molar-refractivity contribution in [3.8, 4) is 0 Å². The Balaban J connectivity index is 1.60. The van der Waals surface area contributed by atoms with Crippen LogP contribution in [0.3, 0.4) is 0 Å². The number of aryl methyl sites for hydroxylation is 1. The molecule has 4 nitrogen and oxygen atoms in total. The van der Waals surface area contributed by atoms with Crippen molar-refractivity contribution in [3.05, 3.63) is 29.3 Å². The zero-order chi connectivity index (χ0) is 15.5. The van der Waals surface area contributed by atoms with Crippen molar-refractivity contribution in [2.45, 2.75) is 39.2 Å². The van der Waals surface area contributed by atoms with Crippen LogP contribution in [-0.2, 0) is 9.53 Å². The van der Waals surface area contributed by atoms with Crippen molar-refractivity contribution in [1.82, 2.24) is 4.90 Å². The van der Waals surface area contributed by atoms with Gasteiger partial charge in [-0.3, -0.25) is 4.79 Å². The van der Waals surface area contributed by atoms with E-state index in [1.165, 1.54) is 16.8 Å². The molecule has 0 aromatic heterocycles. The fraction of sp³-hybridized carbons (Fsp3) is 0.611. The minimum Gasteiger partial charge on any atom is -0.368 e. The molecule has 0 N–H and O–H groups in total. The minimum atomic E-state index is -0.194. The molecule has 1 amide bonds. The molecule has 0 aliphatic carbocycles. The highest BCUT2D eigenvalue weighted by Gasteiger charge is 2.29. The Kier molecular flexibility index (Phi) is 4.67. The first-order chi connectivity index (χ1) is 10.7. The predicted molar refractivity (Wildman–Crippen MR) is 88.3 cm³/mol. The number of rotatable bonds is 2. The molecule has 0 radical (unpaired) electrons. The number of hydrogen-bond donors (Lipinski definition) is 0. The molecule has 2 heterocycles. The maximum Gasteiger partial charge on any atom is 0.251 e. The Bertz CT molecular complexity index is 530. The third-order valence-electron chi connectivity index (χ3n) is 4.96. The number of piperazine rings is 1. The van der Waals surface area contributed by atoms with E-state index in [1.807, 2.05) is 4.90 Å². The molecule has 1 atom stereocenters. The van der Waals surface area contributed by atoms with E-state index in [9.17, 15) is 4.79 Å². The average molecular weight is 302 g/mol. The van der Waals surface area contributed by atoms with Crippen LogP contribution in [0.5, 0.6) is 0 Å². The lowest BCUT2D eigenvalue weighted by molar-refractivity contribution is -0.146. The Morgan fingerprint density at radius 3 is 2.59 bits per heavy atom. The molecule has 120 valence electrons. The van der Waals surface area contributed by atoms with Crippen LogP contribution >= 0.6 is 0 Å². The van der Waals surface area contributed by atoms with E-state index in [0.29, 0.717) is 0 Å². The molecule has 1 unspecified atom stereocenters. The zero-order valence-corrected chi connectivity index (χ0v) is 13.7. The van der Waals surface area contributed by atoms with Crippen LogP contribution in [-0.4, -0.2) is 49.7 Å². The highest BCUT2D eigenvalue weighted by molar-refractivity contribution is 5.81. The van der Waals surface area contributed by atoms with Crippen molar-refractivity contribution >= 4 is 11.6 Å². The first-order valence-corrected chi connectivity index (χ1v) is 8.38. The van der Waals surface area contributed by atoms with Gasteiger partial charge in [-0.1, -0.05) is 12.1 Å². The van der Waals surface area contributed by atoms with Crippen LogP contribution < -0.4 is 4.90 Å². The van der Waals surface area contributed by atoms with Crippen LogP contribution in [0, 0.1) is 13.8 Å². The summed E-state index contributed by atoms with van der Waals surface area (Å²) in [7, 11) is 0. The molecule has 2 saturated heterocycles. The molecule has 0 bridgehead atoms. The van der Waals surface area contributed by atoms with E-state index in [-0.39, 0.29) is 12.0 Å². The van der Waals surface area contributed by atoms with E-state index in [2.05, 4.69) is 36.9 Å². The van der Waals surface area contributed by atoms with E-state index in [0.717, 1.165) is 52.0 Å². The van der Waals surface area contributed by atoms with Gasteiger partial charge in [0, 0.05) is 38.5 Å². The second kappa shape index (κ2) is 6.69. The number of anilines is 1. The van der Waals surface area contributed by atoms with Crippen molar-refractivity contribution in [1.29, 1.82) is 0 Å². The maximum atomic E-state index is 12.5. The topological polar surface area (TPSA) is 32.8 Å². The number of hydrogen-bond acceptors (Lipinski definition) is 3. The van der Waals surface area contributed by atoms with Crippen LogP contribution in [0.15, 0.2) is 18.2 Å². The third-order valence-corrected chi connectivity index (χ3v) is 4.96. The van der Waals surface area contributed by atoms with E-state index in [1.54, 1.807) is 0 Å². The Labute approximate surface area is 133 Å². The molecule has 3 rings (SSSR count). The molecule has 22 heavy (non-hydrogen) atoms. The van der Waals surface area contributed by atoms with Crippen LogP contribution in [0.2, 0.25) is 0 Å². The average Bonchev–Trinajstić information content (AvgIpc) is 2.58. The lowest BCUT2D eigenvalue weighted by atomic mass is 10.1. The molecule has 2 aliphatic rings. The number of amides is 1. The number of nitrogens with zero attached hydrogens (tertiary/aromatic N) is 2. The molecule has 0 saturated carbocycles. The summed E-state index contributed by atoms with van der Waals surface area (Å²) < 4.78 is 5.63. The molecule has 1 aromatic rings. The van der Waals surface area contributed by atoms with Crippen LogP contribution in [0.25, 0.3) is 0 Å². The lowest BCUT2D eigenvalue weighted by Crippen LogP contribution is -2.52. The van der Waals surface area contributed by atoms with Crippen LogP contribution in [0.1, 0.15) is 30.4 Å². The normalized spacial score (nSPS) is 22.7. The summed E-state index contributed by atoms with van der Waals surface area (Å²) in [6, 6.07) is 6.45. The van der Waals surface area contributed by atoms with Gasteiger partial charge in [-0.15, -0.1) is 0 Å². The zero-order valence-electron chi connectivity index (χ0n) is 13.7. The van der Waals surface area contributed by atoms with Gasteiger partial charge in [0.15, 0.2) is 0 Å². The van der Waals surface area contributed by atoms with Gasteiger partial charge in [-0.05, 0) is 50.3 Å². The van der Waals surface area contributed by atoms with Gasteiger partial charge >= 0.3 is 0 Å². The Morgan fingerprint density at radius 2 is 1.91 bits per heavy atom. The summed E-state index contributed by atoms with van der Waals surface area (Å²) in [5, 5.41) is 0. The smallest absolute Gasteiger partial charge is 0.251 e. The van der Waals surface area contributed by atoms with Crippen molar-refractivity contribution in [2.24, 2.45) is 0 Å². The standard InChI is InChI=1S/C18H26N2O2/c1-14-6-5-7-16(15(14)2)19-9-11-20(12-10-19)18(21)17-8-3-4-13-22-17/h5-7,17H,3-4,8-13H2,1-2H3. The molecule has 1 aromatic carbocycles. The van der Waals surface area contributed by atoms with Crippen LogP contribution in [0.4, 0.5) is 5.69 Å². The summed E-state index contributed by atoms with van der Waals surface area (Å²) in [6.45, 7) is 8.47. The highest BCUT2D eigenvalue weighted by atomic mass is 16.5. The van der Waals surface area contributed by atoms with E-state index < -0.39 is 0 Å². The lowest BCUT2D eigenvalue weighted by Gasteiger charge is -2.38. The van der Waals surface area contributed by atoms with Gasteiger partial charge in [-0.2, -0.15) is 0 Å². The number of ether oxygens (including phenoxy) is 1. The maximum absolute atomic E-state index is 12.5. The predicted octanol–water partition coefficient (Wildman–Crippen LogP) is 2.52. The molecule has 2 fully saturated rings. The van der Waals surface area contributed by atoms with Crippen molar-refractivity contribution in [3.63, 3.8) is 0 Å². The summed E-state index contributed by atoms with van der Waals surface area (Å²) in [6.07, 6.45) is 2.89. The van der Waals surface area contributed by atoms with Gasteiger partial charge in [0.05, 0.1) is 0 Å². The Morgan fingerprint density at radius 1 is 1.14 bits per heavy atom. The first-order valence-electron chi connectivity index (χ1n) is 8.38. The fourth-order valence-corrected chi connectivity index (χ4v) is 3.39. The van der Waals surface area contributed by atoms with Gasteiger partial charge < -0.3 is 14.5 Å². The largest absolute Gasteiger partial charge is 0.368 e. The molecule has 2 aliphatic heterocycles. The minimum absolute atomic E-state index is 0.194. The van der Waals surface area contributed by atoms with Gasteiger partial charge in [-0.25, -0.2) is 0 Å². The van der Waals surface area contributed by atoms with Gasteiger partial charge in [0.1, 0.15) is 6.10 Å². The monoisotopic (exact) mass is 302 g/mol. The summed E-state index contributed by atoms with van der Waals surface area (Å²) >= 11 is 0. The highest BCUT2D eigenvalue weighted by Crippen LogP contribution is 2.24. The second-order valence-electron chi connectivity index (χ2n) is 6.39. The number of carbonyl (C=O) groups is 1. The van der Waals surface area contributed by atoms with Gasteiger partial charge in [0.2, 0.25) is 0 Å². The SMILES string of the molecule is Cc1cccc(N2CCN(C(=O)C3CCCCO3)CC2)c1C. The number of carbonyl (C=O) groups excluding carboxylic acids is 1.